The first kappa shape index (κ1) is 25.2. The summed E-state index contributed by atoms with van der Waals surface area (Å²) in [7, 11) is 0. The molecule has 3 aromatic rings. The monoisotopic (exact) mass is 466 g/mol. The molecule has 1 atom stereocenters. The van der Waals surface area contributed by atoms with Crippen LogP contribution in [0.3, 0.4) is 0 Å². The van der Waals surface area contributed by atoms with Crippen molar-refractivity contribution in [2.45, 2.75) is 91.0 Å². The van der Waals surface area contributed by atoms with Crippen LogP contribution in [0.4, 0.5) is 5.69 Å². The summed E-state index contributed by atoms with van der Waals surface area (Å²) in [6.45, 7) is 20.6. The smallest absolute Gasteiger partial charge is 0.0831 e. The Hall–Kier alpha value is -2.87. The standard InChI is InChI=1S/C33H42N2/c1-31(2,3)25-15-17-28(18-16-25)35-30(23-13-11-10-12-14-23)22-29(34-35)24-19-26(32(4,5)6)21-27(20-24)33(7,8)9/h10-21,30H,22H2,1-9H3. The zero-order valence-corrected chi connectivity index (χ0v) is 23.1. The van der Waals surface area contributed by atoms with E-state index in [9.17, 15) is 0 Å². The maximum absolute atomic E-state index is 5.27. The molecular weight excluding hydrogens is 424 g/mol. The molecule has 4 rings (SSSR count). The summed E-state index contributed by atoms with van der Waals surface area (Å²) in [6, 6.07) is 27.1. The Morgan fingerprint density at radius 1 is 0.629 bits per heavy atom. The van der Waals surface area contributed by atoms with Crippen molar-refractivity contribution in [3.8, 4) is 0 Å². The van der Waals surface area contributed by atoms with Gasteiger partial charge in [-0.2, -0.15) is 5.10 Å². The molecule has 1 aliphatic rings. The Bertz CT molecular complexity index is 1160. The Labute approximate surface area is 213 Å². The lowest BCUT2D eigenvalue weighted by molar-refractivity contribution is 0.568. The van der Waals surface area contributed by atoms with E-state index < -0.39 is 0 Å². The predicted molar refractivity (Wildman–Crippen MR) is 152 cm³/mol. The van der Waals surface area contributed by atoms with Crippen molar-refractivity contribution in [3.63, 3.8) is 0 Å². The lowest BCUT2D eigenvalue weighted by atomic mass is 9.79. The Morgan fingerprint density at radius 3 is 1.63 bits per heavy atom. The SMILES string of the molecule is CC(C)(C)c1ccc(N2N=C(c3cc(C(C)(C)C)cc(C(C)(C)C)c3)CC2c2ccccc2)cc1. The van der Waals surface area contributed by atoms with E-state index in [0.717, 1.165) is 17.8 Å². The minimum Gasteiger partial charge on any atom is -0.257 e. The van der Waals surface area contributed by atoms with Crippen molar-refractivity contribution in [2.75, 3.05) is 5.01 Å². The molecule has 0 amide bonds. The maximum atomic E-state index is 5.27. The van der Waals surface area contributed by atoms with Gasteiger partial charge in [0.05, 0.1) is 17.4 Å². The van der Waals surface area contributed by atoms with E-state index in [-0.39, 0.29) is 22.3 Å². The lowest BCUT2D eigenvalue weighted by Crippen LogP contribution is -2.19. The molecule has 1 unspecified atom stereocenters. The minimum atomic E-state index is 0.0798. The quantitative estimate of drug-likeness (QED) is 0.376. The molecule has 0 aromatic heterocycles. The number of hydrogen-bond acceptors (Lipinski definition) is 2. The van der Waals surface area contributed by atoms with Gasteiger partial charge >= 0.3 is 0 Å². The van der Waals surface area contributed by atoms with E-state index >= 15 is 0 Å². The molecule has 2 nitrogen and oxygen atoms in total. The van der Waals surface area contributed by atoms with Crippen LogP contribution in [-0.2, 0) is 16.2 Å². The predicted octanol–water partition coefficient (Wildman–Crippen LogP) is 8.93. The van der Waals surface area contributed by atoms with Gasteiger partial charge in [-0.15, -0.1) is 0 Å². The van der Waals surface area contributed by atoms with Crippen molar-refractivity contribution in [3.05, 3.63) is 101 Å². The topological polar surface area (TPSA) is 15.6 Å². The molecule has 0 fully saturated rings. The first-order valence-electron chi connectivity index (χ1n) is 12.9. The summed E-state index contributed by atoms with van der Waals surface area (Å²) in [5, 5.41) is 7.51. The number of anilines is 1. The summed E-state index contributed by atoms with van der Waals surface area (Å²) in [5.74, 6) is 0. The van der Waals surface area contributed by atoms with Crippen LogP contribution in [0.1, 0.15) is 103 Å². The Kier molecular flexibility index (Phi) is 6.47. The highest BCUT2D eigenvalue weighted by Crippen LogP contribution is 2.39. The van der Waals surface area contributed by atoms with Crippen molar-refractivity contribution < 1.29 is 0 Å². The Balaban J connectivity index is 1.81. The minimum absolute atomic E-state index is 0.0798. The van der Waals surface area contributed by atoms with Gasteiger partial charge < -0.3 is 0 Å². The van der Waals surface area contributed by atoms with E-state index in [4.69, 9.17) is 5.10 Å². The first-order valence-corrected chi connectivity index (χ1v) is 12.9. The van der Waals surface area contributed by atoms with Crippen LogP contribution in [0.15, 0.2) is 77.9 Å². The zero-order chi connectivity index (χ0) is 25.6. The second kappa shape index (κ2) is 8.97. The van der Waals surface area contributed by atoms with Gasteiger partial charge in [0.15, 0.2) is 0 Å². The molecular formula is C33H42N2. The van der Waals surface area contributed by atoms with E-state index in [2.05, 4.69) is 140 Å². The summed E-state index contributed by atoms with van der Waals surface area (Å²) < 4.78 is 0. The van der Waals surface area contributed by atoms with Crippen LogP contribution in [0.2, 0.25) is 0 Å². The molecule has 2 heteroatoms. The van der Waals surface area contributed by atoms with Gasteiger partial charge in [-0.05, 0) is 68.3 Å². The molecule has 0 saturated heterocycles. The van der Waals surface area contributed by atoms with Gasteiger partial charge in [0.1, 0.15) is 0 Å². The van der Waals surface area contributed by atoms with Crippen molar-refractivity contribution in [2.24, 2.45) is 5.10 Å². The highest BCUT2D eigenvalue weighted by Gasteiger charge is 2.31. The molecule has 0 spiro atoms. The highest BCUT2D eigenvalue weighted by molar-refractivity contribution is 6.03. The summed E-state index contributed by atoms with van der Waals surface area (Å²) in [5.41, 5.74) is 9.22. The molecule has 1 heterocycles. The molecule has 0 bridgehead atoms. The normalized spacial score (nSPS) is 17.0. The summed E-state index contributed by atoms with van der Waals surface area (Å²) in [6.07, 6.45) is 0.891. The van der Waals surface area contributed by atoms with Crippen molar-refractivity contribution in [1.82, 2.24) is 0 Å². The third-order valence-electron chi connectivity index (χ3n) is 7.09. The molecule has 0 radical (unpaired) electrons. The molecule has 0 aliphatic carbocycles. The number of hydrazone groups is 1. The van der Waals surface area contributed by atoms with Crippen LogP contribution in [0.25, 0.3) is 0 Å². The molecule has 0 N–H and O–H groups in total. The van der Waals surface area contributed by atoms with E-state index in [1.165, 1.54) is 27.8 Å². The van der Waals surface area contributed by atoms with E-state index in [1.54, 1.807) is 0 Å². The second-order valence-electron chi connectivity index (χ2n) is 13.1. The van der Waals surface area contributed by atoms with Crippen molar-refractivity contribution >= 4 is 11.4 Å². The van der Waals surface area contributed by atoms with Crippen LogP contribution in [0, 0.1) is 0 Å². The number of hydrogen-bond donors (Lipinski definition) is 0. The fourth-order valence-corrected chi connectivity index (χ4v) is 4.63. The highest BCUT2D eigenvalue weighted by atomic mass is 15.5. The van der Waals surface area contributed by atoms with Crippen LogP contribution >= 0.6 is 0 Å². The zero-order valence-electron chi connectivity index (χ0n) is 23.1. The van der Waals surface area contributed by atoms with Gasteiger partial charge in [-0.1, -0.05) is 111 Å². The number of benzene rings is 3. The molecule has 184 valence electrons. The summed E-state index contributed by atoms with van der Waals surface area (Å²) in [4.78, 5) is 0. The van der Waals surface area contributed by atoms with Gasteiger partial charge in [-0.25, -0.2) is 0 Å². The number of nitrogens with zero attached hydrogens (tertiary/aromatic N) is 2. The van der Waals surface area contributed by atoms with Crippen LogP contribution in [-0.4, -0.2) is 5.71 Å². The van der Waals surface area contributed by atoms with E-state index in [0.29, 0.717) is 0 Å². The summed E-state index contributed by atoms with van der Waals surface area (Å²) >= 11 is 0. The third-order valence-corrected chi connectivity index (χ3v) is 7.09. The van der Waals surface area contributed by atoms with E-state index in [1.807, 2.05) is 0 Å². The molecule has 3 aromatic carbocycles. The van der Waals surface area contributed by atoms with Crippen molar-refractivity contribution in [1.29, 1.82) is 0 Å². The maximum Gasteiger partial charge on any atom is 0.0831 e. The van der Waals surface area contributed by atoms with Gasteiger partial charge in [0, 0.05) is 6.42 Å². The number of rotatable bonds is 3. The fourth-order valence-electron chi connectivity index (χ4n) is 4.63. The second-order valence-corrected chi connectivity index (χ2v) is 13.1. The average Bonchev–Trinajstić information content (AvgIpc) is 3.23. The molecule has 0 saturated carbocycles. The fraction of sp³-hybridized carbons (Fsp3) is 0.424. The van der Waals surface area contributed by atoms with Gasteiger partial charge in [-0.3, -0.25) is 5.01 Å². The molecule has 35 heavy (non-hydrogen) atoms. The van der Waals surface area contributed by atoms with Gasteiger partial charge in [0.25, 0.3) is 0 Å². The first-order chi connectivity index (χ1) is 16.2. The average molecular weight is 467 g/mol. The lowest BCUT2D eigenvalue weighted by Gasteiger charge is -2.26. The Morgan fingerprint density at radius 2 is 1.14 bits per heavy atom. The largest absolute Gasteiger partial charge is 0.257 e. The van der Waals surface area contributed by atoms with Gasteiger partial charge in [0.2, 0.25) is 0 Å². The van der Waals surface area contributed by atoms with Crippen LogP contribution < -0.4 is 5.01 Å². The third kappa shape index (κ3) is 5.53. The van der Waals surface area contributed by atoms with Crippen LogP contribution in [0.5, 0.6) is 0 Å². The molecule has 1 aliphatic heterocycles.